The molecule has 20 heavy (non-hydrogen) atoms. The monoisotopic (exact) mass is 316 g/mol. The van der Waals surface area contributed by atoms with E-state index in [0.717, 1.165) is 5.56 Å². The third-order valence-corrected chi connectivity index (χ3v) is 3.89. The van der Waals surface area contributed by atoms with Crippen LogP contribution < -0.4 is 11.1 Å². The van der Waals surface area contributed by atoms with Gasteiger partial charge in [-0.3, -0.25) is 4.79 Å². The molecule has 0 heterocycles. The number of amides is 1. The van der Waals surface area contributed by atoms with E-state index in [0.29, 0.717) is 16.5 Å². The van der Waals surface area contributed by atoms with Crippen LogP contribution in [-0.2, 0) is 4.79 Å². The molecule has 0 radical (unpaired) electrons. The summed E-state index contributed by atoms with van der Waals surface area (Å²) >= 11 is 12.0. The van der Waals surface area contributed by atoms with Gasteiger partial charge in [0.15, 0.2) is 0 Å². The molecular formula is C15H22Cl2N2O. The van der Waals surface area contributed by atoms with Crippen molar-refractivity contribution in [1.29, 1.82) is 0 Å². The number of rotatable bonds is 4. The molecule has 0 aliphatic heterocycles. The fourth-order valence-electron chi connectivity index (χ4n) is 1.74. The Morgan fingerprint density at radius 2 is 1.95 bits per heavy atom. The van der Waals surface area contributed by atoms with Crippen LogP contribution in [0, 0.1) is 5.41 Å². The van der Waals surface area contributed by atoms with Crippen molar-refractivity contribution in [3.05, 3.63) is 33.8 Å². The molecule has 0 spiro atoms. The van der Waals surface area contributed by atoms with Crippen LogP contribution in [0.5, 0.6) is 0 Å². The number of halogens is 2. The summed E-state index contributed by atoms with van der Waals surface area (Å²) in [7, 11) is 0. The van der Waals surface area contributed by atoms with Crippen LogP contribution in [0.2, 0.25) is 10.0 Å². The Kier molecular flexibility index (Phi) is 5.87. The number of benzene rings is 1. The number of nitrogens with two attached hydrogens (primary N) is 1. The first-order valence-corrected chi connectivity index (χ1v) is 7.36. The molecule has 3 N–H and O–H groups in total. The fourth-order valence-corrected chi connectivity index (χ4v) is 2.31. The first-order chi connectivity index (χ1) is 9.11. The van der Waals surface area contributed by atoms with E-state index in [9.17, 15) is 4.79 Å². The van der Waals surface area contributed by atoms with E-state index in [-0.39, 0.29) is 23.4 Å². The lowest BCUT2D eigenvalue weighted by Gasteiger charge is -2.27. The van der Waals surface area contributed by atoms with E-state index in [4.69, 9.17) is 28.9 Å². The molecule has 1 amide bonds. The van der Waals surface area contributed by atoms with Crippen molar-refractivity contribution in [1.82, 2.24) is 5.32 Å². The Labute approximate surface area is 130 Å². The zero-order valence-corrected chi connectivity index (χ0v) is 13.8. The van der Waals surface area contributed by atoms with Gasteiger partial charge in [-0.05, 0) is 30.0 Å². The summed E-state index contributed by atoms with van der Waals surface area (Å²) in [5.41, 5.74) is 6.75. The molecular weight excluding hydrogens is 295 g/mol. The highest BCUT2D eigenvalue weighted by atomic mass is 35.5. The molecule has 1 aromatic rings. The summed E-state index contributed by atoms with van der Waals surface area (Å²) in [6.07, 6.45) is 0.291. The largest absolute Gasteiger partial charge is 0.349 e. The Balaban J connectivity index is 2.66. The van der Waals surface area contributed by atoms with Crippen molar-refractivity contribution in [3.63, 3.8) is 0 Å². The van der Waals surface area contributed by atoms with Gasteiger partial charge in [0.2, 0.25) is 5.91 Å². The van der Waals surface area contributed by atoms with Crippen LogP contribution in [0.1, 0.15) is 45.7 Å². The van der Waals surface area contributed by atoms with Crippen LogP contribution in [-0.4, -0.2) is 11.9 Å². The highest BCUT2D eigenvalue weighted by molar-refractivity contribution is 6.35. The maximum atomic E-state index is 12.0. The van der Waals surface area contributed by atoms with Gasteiger partial charge in [0.25, 0.3) is 0 Å². The Morgan fingerprint density at radius 1 is 1.35 bits per heavy atom. The van der Waals surface area contributed by atoms with Crippen LogP contribution in [0.3, 0.4) is 0 Å². The molecule has 3 nitrogen and oxygen atoms in total. The fraction of sp³-hybridized carbons (Fsp3) is 0.533. The van der Waals surface area contributed by atoms with E-state index >= 15 is 0 Å². The smallest absolute Gasteiger partial charge is 0.222 e. The quantitative estimate of drug-likeness (QED) is 0.884. The van der Waals surface area contributed by atoms with E-state index in [1.165, 1.54) is 0 Å². The summed E-state index contributed by atoms with van der Waals surface area (Å²) in [6, 6.07) is 4.88. The zero-order chi connectivity index (χ0) is 15.5. The molecule has 5 heteroatoms. The lowest BCUT2D eigenvalue weighted by molar-refractivity contribution is -0.122. The maximum Gasteiger partial charge on any atom is 0.222 e. The number of carbonyl (C=O) groups is 1. The molecule has 1 rings (SSSR count). The van der Waals surface area contributed by atoms with Crippen molar-refractivity contribution in [2.75, 3.05) is 0 Å². The summed E-state index contributed by atoms with van der Waals surface area (Å²) in [4.78, 5) is 12.0. The zero-order valence-electron chi connectivity index (χ0n) is 12.3. The molecule has 0 aromatic heterocycles. The summed E-state index contributed by atoms with van der Waals surface area (Å²) < 4.78 is 0. The van der Waals surface area contributed by atoms with Gasteiger partial charge < -0.3 is 11.1 Å². The standard InChI is InChI=1S/C15H22Cl2N2O/c1-9(11-6-5-10(16)7-12(11)17)19-14(20)8-13(18)15(2,3)4/h5-7,9,13H,8,18H2,1-4H3,(H,19,20). The second kappa shape index (κ2) is 6.79. The molecule has 1 aromatic carbocycles. The number of carbonyl (C=O) groups excluding carboxylic acids is 1. The average Bonchev–Trinajstić information content (AvgIpc) is 2.26. The topological polar surface area (TPSA) is 55.1 Å². The Hall–Kier alpha value is -0.770. The maximum absolute atomic E-state index is 12.0. The van der Waals surface area contributed by atoms with Gasteiger partial charge in [-0.2, -0.15) is 0 Å². The summed E-state index contributed by atoms with van der Waals surface area (Å²) in [5, 5.41) is 4.04. The summed E-state index contributed by atoms with van der Waals surface area (Å²) in [5.74, 6) is -0.0778. The predicted octanol–water partition coefficient (Wildman–Crippen LogP) is 3.93. The van der Waals surface area contributed by atoms with E-state index in [1.54, 1.807) is 12.1 Å². The molecule has 112 valence electrons. The lowest BCUT2D eigenvalue weighted by Crippen LogP contribution is -2.40. The Bertz CT molecular complexity index is 483. The van der Waals surface area contributed by atoms with E-state index in [1.807, 2.05) is 33.8 Å². The van der Waals surface area contributed by atoms with Crippen LogP contribution in [0.15, 0.2) is 18.2 Å². The minimum absolute atomic E-state index is 0.0778. The third-order valence-electron chi connectivity index (χ3n) is 3.32. The van der Waals surface area contributed by atoms with E-state index < -0.39 is 0 Å². The van der Waals surface area contributed by atoms with Gasteiger partial charge in [-0.25, -0.2) is 0 Å². The molecule has 2 atom stereocenters. The van der Waals surface area contributed by atoms with Crippen molar-refractivity contribution in [2.24, 2.45) is 11.1 Å². The van der Waals surface area contributed by atoms with Crippen molar-refractivity contribution in [3.8, 4) is 0 Å². The van der Waals surface area contributed by atoms with Crippen LogP contribution in [0.25, 0.3) is 0 Å². The van der Waals surface area contributed by atoms with Crippen molar-refractivity contribution >= 4 is 29.1 Å². The van der Waals surface area contributed by atoms with Gasteiger partial charge in [-0.15, -0.1) is 0 Å². The second-order valence-corrected chi connectivity index (χ2v) is 6.98. The van der Waals surface area contributed by atoms with Gasteiger partial charge in [0.05, 0.1) is 6.04 Å². The van der Waals surface area contributed by atoms with Gasteiger partial charge in [0.1, 0.15) is 0 Å². The summed E-state index contributed by atoms with van der Waals surface area (Å²) in [6.45, 7) is 7.94. The van der Waals surface area contributed by atoms with Gasteiger partial charge >= 0.3 is 0 Å². The first kappa shape index (κ1) is 17.3. The SMILES string of the molecule is CC(NC(=O)CC(N)C(C)(C)C)c1ccc(Cl)cc1Cl. The number of nitrogens with one attached hydrogen (secondary N) is 1. The average molecular weight is 317 g/mol. The van der Waals surface area contributed by atoms with E-state index in [2.05, 4.69) is 5.32 Å². The van der Waals surface area contributed by atoms with Crippen LogP contribution in [0.4, 0.5) is 0 Å². The predicted molar refractivity (Wildman–Crippen MR) is 85.1 cm³/mol. The van der Waals surface area contributed by atoms with Crippen molar-refractivity contribution < 1.29 is 4.79 Å². The molecule has 0 aliphatic rings. The number of hydrogen-bond donors (Lipinski definition) is 2. The van der Waals surface area contributed by atoms with Gasteiger partial charge in [-0.1, -0.05) is 50.0 Å². The molecule has 0 fully saturated rings. The highest BCUT2D eigenvalue weighted by Crippen LogP contribution is 2.26. The molecule has 2 unspecified atom stereocenters. The normalized spacial score (nSPS) is 14.8. The van der Waals surface area contributed by atoms with Crippen molar-refractivity contribution in [2.45, 2.75) is 46.2 Å². The minimum atomic E-state index is -0.185. The Morgan fingerprint density at radius 3 is 2.45 bits per heavy atom. The second-order valence-electron chi connectivity index (χ2n) is 6.13. The molecule has 0 saturated carbocycles. The molecule has 0 saturated heterocycles. The molecule has 0 aliphatic carbocycles. The van der Waals surface area contributed by atoms with Crippen LogP contribution >= 0.6 is 23.2 Å². The first-order valence-electron chi connectivity index (χ1n) is 6.61. The third kappa shape index (κ3) is 4.97. The van der Waals surface area contributed by atoms with Gasteiger partial charge in [0, 0.05) is 22.5 Å². The highest BCUT2D eigenvalue weighted by Gasteiger charge is 2.24. The molecule has 0 bridgehead atoms. The minimum Gasteiger partial charge on any atom is -0.349 e. The number of hydrogen-bond acceptors (Lipinski definition) is 2. The lowest BCUT2D eigenvalue weighted by atomic mass is 9.85.